The number of hydrogen-bond acceptors (Lipinski definition) is 4. The number of carbonyl (C=O) groups is 1. The highest BCUT2D eigenvalue weighted by molar-refractivity contribution is 8.01. The molecule has 148 valence electrons. The van der Waals surface area contributed by atoms with Crippen molar-refractivity contribution in [3.8, 4) is 0 Å². The number of rotatable bonds is 4. The fourth-order valence-corrected chi connectivity index (χ4v) is 6.30. The van der Waals surface area contributed by atoms with Gasteiger partial charge in [0.15, 0.2) is 0 Å². The second kappa shape index (κ2) is 7.89. The first-order chi connectivity index (χ1) is 13.4. The average Bonchev–Trinajstić information content (AvgIpc) is 3.13. The summed E-state index contributed by atoms with van der Waals surface area (Å²) >= 11 is 1.58. The first kappa shape index (κ1) is 19.5. The Kier molecular flexibility index (Phi) is 5.49. The summed E-state index contributed by atoms with van der Waals surface area (Å²) in [4.78, 5) is 14.0. The molecule has 1 fully saturated rings. The normalized spacial score (nSPS) is 20.7. The van der Waals surface area contributed by atoms with Gasteiger partial charge in [-0.3, -0.25) is 4.79 Å². The number of nitrogens with zero attached hydrogens (tertiary/aromatic N) is 1. The van der Waals surface area contributed by atoms with Crippen molar-refractivity contribution in [2.24, 2.45) is 5.92 Å². The van der Waals surface area contributed by atoms with Crippen LogP contribution in [-0.2, 0) is 21.2 Å². The average molecular weight is 417 g/mol. The van der Waals surface area contributed by atoms with Crippen LogP contribution in [0.1, 0.15) is 25.3 Å². The van der Waals surface area contributed by atoms with Crippen molar-refractivity contribution >= 4 is 33.4 Å². The van der Waals surface area contributed by atoms with Crippen molar-refractivity contribution in [1.82, 2.24) is 4.31 Å². The van der Waals surface area contributed by atoms with Crippen LogP contribution in [0.4, 0.5) is 5.69 Å². The lowest BCUT2D eigenvalue weighted by Gasteiger charge is -2.29. The minimum absolute atomic E-state index is 0.0539. The van der Waals surface area contributed by atoms with Crippen LogP contribution in [0.2, 0.25) is 0 Å². The van der Waals surface area contributed by atoms with Crippen LogP contribution in [0.3, 0.4) is 0 Å². The van der Waals surface area contributed by atoms with Gasteiger partial charge in [0.2, 0.25) is 15.9 Å². The third-order valence-electron chi connectivity index (χ3n) is 5.44. The van der Waals surface area contributed by atoms with Gasteiger partial charge >= 0.3 is 0 Å². The number of thioether (sulfide) groups is 1. The SMILES string of the molecule is CC1CCN(S(=O)(=O)c2ccc(NC(=O)[C@@H]3Cc4ccccc4S3)cc2)CC1. The number of carbonyl (C=O) groups excluding carboxylic acids is 1. The maximum Gasteiger partial charge on any atom is 0.243 e. The molecule has 1 amide bonds. The lowest BCUT2D eigenvalue weighted by Crippen LogP contribution is -2.37. The molecule has 0 saturated carbocycles. The highest BCUT2D eigenvalue weighted by Crippen LogP contribution is 2.37. The van der Waals surface area contributed by atoms with Crippen LogP contribution in [0, 0.1) is 5.92 Å². The molecule has 2 aromatic rings. The Bertz CT molecular complexity index is 940. The molecule has 1 atom stereocenters. The maximum atomic E-state index is 12.8. The molecule has 0 aromatic heterocycles. The van der Waals surface area contributed by atoms with Crippen molar-refractivity contribution in [3.05, 3.63) is 54.1 Å². The van der Waals surface area contributed by atoms with Gasteiger partial charge in [0, 0.05) is 23.7 Å². The number of fused-ring (bicyclic) bond motifs is 1. The van der Waals surface area contributed by atoms with E-state index in [1.165, 1.54) is 5.56 Å². The summed E-state index contributed by atoms with van der Waals surface area (Å²) in [5, 5.41) is 2.76. The third kappa shape index (κ3) is 3.97. The van der Waals surface area contributed by atoms with E-state index in [2.05, 4.69) is 18.3 Å². The van der Waals surface area contributed by atoms with E-state index >= 15 is 0 Å². The minimum Gasteiger partial charge on any atom is -0.325 e. The van der Waals surface area contributed by atoms with Crippen molar-refractivity contribution < 1.29 is 13.2 Å². The number of piperidine rings is 1. The van der Waals surface area contributed by atoms with Crippen LogP contribution >= 0.6 is 11.8 Å². The van der Waals surface area contributed by atoms with E-state index in [9.17, 15) is 13.2 Å². The molecule has 7 heteroatoms. The van der Waals surface area contributed by atoms with Gasteiger partial charge in [0.1, 0.15) is 0 Å². The summed E-state index contributed by atoms with van der Waals surface area (Å²) in [5.41, 5.74) is 1.82. The standard InChI is InChI=1S/C21H24N2O3S2/c1-15-10-12-23(13-11-15)28(25,26)18-8-6-17(7-9-18)22-21(24)20-14-16-4-2-3-5-19(16)27-20/h2-9,15,20H,10-14H2,1H3,(H,22,24)/t20-/m0/s1. The molecule has 0 spiro atoms. The molecule has 0 bridgehead atoms. The Morgan fingerprint density at radius 3 is 2.43 bits per heavy atom. The van der Waals surface area contributed by atoms with Gasteiger partial charge in [0.05, 0.1) is 10.1 Å². The van der Waals surface area contributed by atoms with E-state index < -0.39 is 10.0 Å². The Balaban J connectivity index is 1.40. The number of sulfonamides is 1. The van der Waals surface area contributed by atoms with Gasteiger partial charge in [-0.25, -0.2) is 8.42 Å². The van der Waals surface area contributed by atoms with Gasteiger partial charge in [-0.1, -0.05) is 25.1 Å². The van der Waals surface area contributed by atoms with Crippen LogP contribution in [0.5, 0.6) is 0 Å². The van der Waals surface area contributed by atoms with Gasteiger partial charge in [-0.05, 0) is 61.1 Å². The molecule has 2 heterocycles. The molecular formula is C21H24N2O3S2. The van der Waals surface area contributed by atoms with Crippen LogP contribution in [-0.4, -0.2) is 37.0 Å². The zero-order valence-corrected chi connectivity index (χ0v) is 17.4. The number of hydrogen-bond donors (Lipinski definition) is 1. The number of anilines is 1. The number of benzene rings is 2. The summed E-state index contributed by atoms with van der Waals surface area (Å²) < 4.78 is 27.2. The summed E-state index contributed by atoms with van der Waals surface area (Å²) in [6.07, 6.45) is 2.51. The van der Waals surface area contributed by atoms with Gasteiger partial charge in [-0.15, -0.1) is 11.8 Å². The van der Waals surface area contributed by atoms with Gasteiger partial charge < -0.3 is 5.32 Å². The van der Waals surface area contributed by atoms with E-state index in [1.807, 2.05) is 18.2 Å². The van der Waals surface area contributed by atoms with Crippen LogP contribution in [0.25, 0.3) is 0 Å². The van der Waals surface area contributed by atoms with E-state index in [0.717, 1.165) is 17.7 Å². The second-order valence-corrected chi connectivity index (χ2v) is 10.7. The van der Waals surface area contributed by atoms with Crippen LogP contribution in [0.15, 0.2) is 58.3 Å². The molecule has 2 aliphatic heterocycles. The van der Waals surface area contributed by atoms with Crippen molar-refractivity contribution in [2.75, 3.05) is 18.4 Å². The molecule has 1 saturated heterocycles. The molecule has 4 rings (SSSR count). The van der Waals surface area contributed by atoms with E-state index in [0.29, 0.717) is 31.1 Å². The van der Waals surface area contributed by atoms with Crippen molar-refractivity contribution in [2.45, 2.75) is 41.2 Å². The molecular weight excluding hydrogens is 392 g/mol. The predicted molar refractivity (Wildman–Crippen MR) is 112 cm³/mol. The van der Waals surface area contributed by atoms with Crippen LogP contribution < -0.4 is 5.32 Å². The smallest absolute Gasteiger partial charge is 0.243 e. The molecule has 28 heavy (non-hydrogen) atoms. The van der Waals surface area contributed by atoms with Crippen molar-refractivity contribution in [3.63, 3.8) is 0 Å². The highest BCUT2D eigenvalue weighted by Gasteiger charge is 2.29. The molecule has 2 aliphatic rings. The lowest BCUT2D eigenvalue weighted by molar-refractivity contribution is -0.115. The van der Waals surface area contributed by atoms with Gasteiger partial charge in [0.25, 0.3) is 0 Å². The summed E-state index contributed by atoms with van der Waals surface area (Å²) in [6, 6.07) is 14.6. The van der Waals surface area contributed by atoms with E-state index in [4.69, 9.17) is 0 Å². The summed E-state index contributed by atoms with van der Waals surface area (Å²) in [5.74, 6) is 0.519. The topological polar surface area (TPSA) is 66.5 Å². The van der Waals surface area contributed by atoms with Crippen molar-refractivity contribution in [1.29, 1.82) is 0 Å². The summed E-state index contributed by atoms with van der Waals surface area (Å²) in [6.45, 7) is 3.30. The first-order valence-corrected chi connectivity index (χ1v) is 11.9. The quantitative estimate of drug-likeness (QED) is 0.824. The maximum absolute atomic E-state index is 12.8. The largest absolute Gasteiger partial charge is 0.325 e. The fourth-order valence-electron chi connectivity index (χ4n) is 3.64. The lowest BCUT2D eigenvalue weighted by atomic mass is 10.0. The zero-order chi connectivity index (χ0) is 19.7. The Labute approximate surface area is 170 Å². The summed E-state index contributed by atoms with van der Waals surface area (Å²) in [7, 11) is -3.47. The Hall–Kier alpha value is -1.83. The highest BCUT2D eigenvalue weighted by atomic mass is 32.2. The second-order valence-electron chi connectivity index (χ2n) is 7.52. The van der Waals surface area contributed by atoms with E-state index in [-0.39, 0.29) is 16.1 Å². The predicted octanol–water partition coefficient (Wildman–Crippen LogP) is 3.76. The van der Waals surface area contributed by atoms with E-state index in [1.54, 1.807) is 40.3 Å². The number of nitrogens with one attached hydrogen (secondary N) is 1. The minimum atomic E-state index is -3.47. The fraction of sp³-hybridized carbons (Fsp3) is 0.381. The molecule has 1 N–H and O–H groups in total. The molecule has 0 aliphatic carbocycles. The third-order valence-corrected chi connectivity index (χ3v) is 8.67. The monoisotopic (exact) mass is 416 g/mol. The molecule has 2 aromatic carbocycles. The molecule has 0 radical (unpaired) electrons. The Morgan fingerprint density at radius 2 is 1.75 bits per heavy atom. The Morgan fingerprint density at radius 1 is 1.07 bits per heavy atom. The first-order valence-electron chi connectivity index (χ1n) is 9.59. The zero-order valence-electron chi connectivity index (χ0n) is 15.8. The molecule has 5 nitrogen and oxygen atoms in total. The van der Waals surface area contributed by atoms with Gasteiger partial charge in [-0.2, -0.15) is 4.31 Å². The molecule has 0 unspecified atom stereocenters. The number of amides is 1.